The molecule has 0 aliphatic rings. The molecule has 9 heteroatoms. The van der Waals surface area contributed by atoms with Gasteiger partial charge in [-0.2, -0.15) is 13.2 Å². The normalized spacial score (nSPS) is 12.3. The summed E-state index contributed by atoms with van der Waals surface area (Å²) in [6, 6.07) is 3.23. The summed E-state index contributed by atoms with van der Waals surface area (Å²) < 4.78 is 58.5. The van der Waals surface area contributed by atoms with Gasteiger partial charge in [0.2, 0.25) is 10.0 Å². The Morgan fingerprint density at radius 2 is 1.95 bits per heavy atom. The number of hydrogen-bond acceptors (Lipinski definition) is 3. The Labute approximate surface area is 107 Å². The Morgan fingerprint density at radius 1 is 1.37 bits per heavy atom. The maximum atomic E-state index is 12.1. The number of primary sulfonamides is 1. The first-order valence-corrected chi connectivity index (χ1v) is 6.64. The molecule has 1 aromatic carbocycles. The zero-order chi connectivity index (χ0) is 14.8. The number of benzene rings is 1. The summed E-state index contributed by atoms with van der Waals surface area (Å²) in [6.45, 7) is 1.60. The number of sulfonamides is 1. The molecule has 0 atom stereocenters. The fraction of sp³-hybridized carbons (Fsp3) is 0.300. The van der Waals surface area contributed by atoms with Crippen LogP contribution in [0.3, 0.4) is 0 Å². The zero-order valence-corrected chi connectivity index (χ0v) is 10.6. The second-order valence-corrected chi connectivity index (χ2v) is 5.23. The van der Waals surface area contributed by atoms with Gasteiger partial charge in [0.05, 0.1) is 4.90 Å². The fourth-order valence-corrected chi connectivity index (χ4v) is 1.92. The number of nitrogens with one attached hydrogen (secondary N) is 1. The molecular weight excluding hydrogens is 285 g/mol. The van der Waals surface area contributed by atoms with Crippen LogP contribution in [0.25, 0.3) is 0 Å². The Kier molecular flexibility index (Phi) is 4.21. The molecule has 0 saturated heterocycles. The van der Waals surface area contributed by atoms with Crippen molar-refractivity contribution in [2.24, 2.45) is 5.14 Å². The van der Waals surface area contributed by atoms with Crippen molar-refractivity contribution in [2.75, 3.05) is 5.32 Å². The summed E-state index contributed by atoms with van der Waals surface area (Å²) in [6.07, 6.45) is -4.78. The molecule has 0 radical (unpaired) electrons. The SMILES string of the molecule is CCc1cc(S(N)(=O)=O)ccc1NC(=O)C(F)(F)F. The topological polar surface area (TPSA) is 89.3 Å². The van der Waals surface area contributed by atoms with Crippen molar-refractivity contribution >= 4 is 21.6 Å². The lowest BCUT2D eigenvalue weighted by atomic mass is 10.1. The maximum absolute atomic E-state index is 12.1. The molecule has 0 bridgehead atoms. The number of aryl methyl sites for hydroxylation is 1. The van der Waals surface area contributed by atoms with Crippen LogP contribution >= 0.6 is 0 Å². The first kappa shape index (κ1) is 15.4. The number of carbonyl (C=O) groups is 1. The van der Waals surface area contributed by atoms with E-state index in [4.69, 9.17) is 5.14 Å². The van der Waals surface area contributed by atoms with Crippen LogP contribution in [0, 0.1) is 0 Å². The number of carbonyl (C=O) groups excluding carboxylic acids is 1. The van der Waals surface area contributed by atoms with Crippen LogP contribution in [0.15, 0.2) is 23.1 Å². The molecule has 5 nitrogen and oxygen atoms in total. The summed E-state index contributed by atoms with van der Waals surface area (Å²) in [5.74, 6) is -2.12. The highest BCUT2D eigenvalue weighted by Crippen LogP contribution is 2.23. The molecule has 1 amide bonds. The van der Waals surface area contributed by atoms with Gasteiger partial charge in [-0.1, -0.05) is 6.92 Å². The van der Waals surface area contributed by atoms with Gasteiger partial charge in [-0.15, -0.1) is 0 Å². The number of nitrogens with two attached hydrogens (primary N) is 1. The Bertz CT molecular complexity index is 597. The Morgan fingerprint density at radius 3 is 2.37 bits per heavy atom. The summed E-state index contributed by atoms with van der Waals surface area (Å²) in [4.78, 5) is 10.6. The van der Waals surface area contributed by atoms with Crippen LogP contribution in [0.5, 0.6) is 0 Å². The lowest BCUT2D eigenvalue weighted by Crippen LogP contribution is -2.30. The minimum atomic E-state index is -5.01. The van der Waals surface area contributed by atoms with Crippen LogP contribution < -0.4 is 10.5 Å². The zero-order valence-electron chi connectivity index (χ0n) is 9.78. The van der Waals surface area contributed by atoms with Gasteiger partial charge in [0.1, 0.15) is 0 Å². The summed E-state index contributed by atoms with van der Waals surface area (Å²) in [7, 11) is -3.94. The van der Waals surface area contributed by atoms with Gasteiger partial charge in [-0.3, -0.25) is 4.79 Å². The fourth-order valence-electron chi connectivity index (χ4n) is 1.35. The first-order valence-electron chi connectivity index (χ1n) is 5.09. The maximum Gasteiger partial charge on any atom is 0.471 e. The minimum Gasteiger partial charge on any atom is -0.318 e. The van der Waals surface area contributed by atoms with Crippen LogP contribution in [0.1, 0.15) is 12.5 Å². The third kappa shape index (κ3) is 3.93. The smallest absolute Gasteiger partial charge is 0.318 e. The molecule has 0 fully saturated rings. The predicted octanol–water partition coefficient (Wildman–Crippen LogP) is 1.40. The van der Waals surface area contributed by atoms with Crippen molar-refractivity contribution in [3.63, 3.8) is 0 Å². The van der Waals surface area contributed by atoms with Crippen molar-refractivity contribution in [1.29, 1.82) is 0 Å². The van der Waals surface area contributed by atoms with Gasteiger partial charge in [0.25, 0.3) is 0 Å². The molecule has 106 valence electrons. The molecule has 19 heavy (non-hydrogen) atoms. The molecular formula is C10H11F3N2O3S. The molecule has 0 saturated carbocycles. The van der Waals surface area contributed by atoms with E-state index in [-0.39, 0.29) is 22.6 Å². The van der Waals surface area contributed by atoms with Crippen molar-refractivity contribution in [3.8, 4) is 0 Å². The molecule has 0 aliphatic carbocycles. The molecule has 0 aliphatic heterocycles. The standard InChI is InChI=1S/C10H11F3N2O3S/c1-2-6-5-7(19(14,17)18)3-4-8(6)15-9(16)10(11,12)13/h3-5H,2H2,1H3,(H,15,16)(H2,14,17,18). The van der Waals surface area contributed by atoms with Crippen LogP contribution in [-0.4, -0.2) is 20.5 Å². The molecule has 0 heterocycles. The second kappa shape index (κ2) is 5.17. The largest absolute Gasteiger partial charge is 0.471 e. The molecule has 3 N–H and O–H groups in total. The average molecular weight is 296 g/mol. The lowest BCUT2D eigenvalue weighted by molar-refractivity contribution is -0.167. The van der Waals surface area contributed by atoms with E-state index in [1.807, 2.05) is 0 Å². The lowest BCUT2D eigenvalue weighted by Gasteiger charge is -2.12. The van der Waals surface area contributed by atoms with Crippen molar-refractivity contribution < 1.29 is 26.4 Å². The van der Waals surface area contributed by atoms with E-state index in [0.717, 1.165) is 18.2 Å². The van der Waals surface area contributed by atoms with Crippen molar-refractivity contribution in [1.82, 2.24) is 0 Å². The number of rotatable bonds is 3. The number of hydrogen-bond donors (Lipinski definition) is 2. The highest BCUT2D eigenvalue weighted by atomic mass is 32.2. The molecule has 0 spiro atoms. The molecule has 0 aromatic heterocycles. The molecule has 0 unspecified atom stereocenters. The predicted molar refractivity (Wildman–Crippen MR) is 61.9 cm³/mol. The van der Waals surface area contributed by atoms with Crippen molar-refractivity contribution in [3.05, 3.63) is 23.8 Å². The number of halogens is 3. The molecule has 1 aromatic rings. The second-order valence-electron chi connectivity index (χ2n) is 3.67. The van der Waals surface area contributed by atoms with E-state index in [1.54, 1.807) is 12.2 Å². The van der Waals surface area contributed by atoms with E-state index >= 15 is 0 Å². The average Bonchev–Trinajstić information content (AvgIpc) is 2.26. The van der Waals surface area contributed by atoms with E-state index < -0.39 is 22.1 Å². The number of alkyl halides is 3. The van der Waals surface area contributed by atoms with Crippen molar-refractivity contribution in [2.45, 2.75) is 24.4 Å². The Balaban J connectivity index is 3.14. The van der Waals surface area contributed by atoms with Gasteiger partial charge in [-0.25, -0.2) is 13.6 Å². The number of amides is 1. The van der Waals surface area contributed by atoms with Gasteiger partial charge in [0, 0.05) is 5.69 Å². The summed E-state index contributed by atoms with van der Waals surface area (Å²) in [5, 5.41) is 6.59. The third-order valence-electron chi connectivity index (χ3n) is 2.29. The Hall–Kier alpha value is -1.61. The van der Waals surface area contributed by atoms with E-state index in [2.05, 4.69) is 0 Å². The third-order valence-corrected chi connectivity index (χ3v) is 3.20. The van der Waals surface area contributed by atoms with Gasteiger partial charge >= 0.3 is 12.1 Å². The van der Waals surface area contributed by atoms with E-state index in [1.165, 1.54) is 0 Å². The monoisotopic (exact) mass is 296 g/mol. The van der Waals surface area contributed by atoms with Crippen LogP contribution in [-0.2, 0) is 21.2 Å². The summed E-state index contributed by atoms with van der Waals surface area (Å²) >= 11 is 0. The quantitative estimate of drug-likeness (QED) is 0.883. The van der Waals surface area contributed by atoms with E-state index in [9.17, 15) is 26.4 Å². The van der Waals surface area contributed by atoms with Gasteiger partial charge in [-0.05, 0) is 30.2 Å². The van der Waals surface area contributed by atoms with Crippen LogP contribution in [0.2, 0.25) is 0 Å². The van der Waals surface area contributed by atoms with Gasteiger partial charge < -0.3 is 5.32 Å². The first-order chi connectivity index (χ1) is 8.55. The van der Waals surface area contributed by atoms with Crippen LogP contribution in [0.4, 0.5) is 18.9 Å². The molecule has 1 rings (SSSR count). The highest BCUT2D eigenvalue weighted by Gasteiger charge is 2.38. The summed E-state index contributed by atoms with van der Waals surface area (Å²) in [5.41, 5.74) is 0.140. The number of anilines is 1. The highest BCUT2D eigenvalue weighted by molar-refractivity contribution is 7.89. The van der Waals surface area contributed by atoms with Gasteiger partial charge in [0.15, 0.2) is 0 Å². The minimum absolute atomic E-state index is 0.0998. The van der Waals surface area contributed by atoms with E-state index in [0.29, 0.717) is 0 Å².